The summed E-state index contributed by atoms with van der Waals surface area (Å²) in [7, 11) is 0. The Morgan fingerprint density at radius 3 is 2.13 bits per heavy atom. The third-order valence-electron chi connectivity index (χ3n) is 2.36. The third-order valence-corrected chi connectivity index (χ3v) is 2.36. The number of aliphatic hydroxyl groups is 2. The van der Waals surface area contributed by atoms with E-state index in [9.17, 15) is 15.0 Å². The largest absolute Gasteiger partial charge is 0.478 e. The van der Waals surface area contributed by atoms with Crippen LogP contribution in [0.4, 0.5) is 0 Å². The van der Waals surface area contributed by atoms with Crippen molar-refractivity contribution in [3.05, 3.63) is 25.3 Å². The summed E-state index contributed by atoms with van der Waals surface area (Å²) in [4.78, 5) is 9.25. The highest BCUT2D eigenvalue weighted by Crippen LogP contribution is 2.31. The summed E-state index contributed by atoms with van der Waals surface area (Å²) in [5.41, 5.74) is 0. The summed E-state index contributed by atoms with van der Waals surface area (Å²) in [6, 6.07) is 0. The summed E-state index contributed by atoms with van der Waals surface area (Å²) in [6.07, 6.45) is 5.82. The van der Waals surface area contributed by atoms with Crippen LogP contribution < -0.4 is 0 Å². The van der Waals surface area contributed by atoms with Crippen molar-refractivity contribution in [3.8, 4) is 0 Å². The molecule has 0 aromatic heterocycles. The number of hydrogen-bond donors (Lipinski definition) is 3. The fraction of sp³-hybridized carbons (Fsp3) is 0.545. The Morgan fingerprint density at radius 2 is 1.87 bits per heavy atom. The Morgan fingerprint density at radius 1 is 1.33 bits per heavy atom. The zero-order chi connectivity index (χ0) is 11.9. The van der Waals surface area contributed by atoms with E-state index in [-0.39, 0.29) is 5.92 Å². The Kier molecular flexibility index (Phi) is 5.89. The van der Waals surface area contributed by atoms with E-state index in [0.29, 0.717) is 6.42 Å². The third kappa shape index (κ3) is 5.34. The molecule has 1 unspecified atom stereocenters. The summed E-state index contributed by atoms with van der Waals surface area (Å²) in [5.74, 6) is -2.58. The summed E-state index contributed by atoms with van der Waals surface area (Å²) in [5, 5.41) is 26.2. The molecular weight excluding hydrogens is 196 g/mol. The molecular formula is C11H18O4. The number of hydrogen-bond acceptors (Lipinski definition) is 3. The van der Waals surface area contributed by atoms with Gasteiger partial charge < -0.3 is 15.3 Å². The maximum Gasteiger partial charge on any atom is 0.327 e. The van der Waals surface area contributed by atoms with E-state index >= 15 is 0 Å². The fourth-order valence-electron chi connectivity index (χ4n) is 1.47. The van der Waals surface area contributed by atoms with Crippen molar-refractivity contribution in [1.82, 2.24) is 0 Å². The van der Waals surface area contributed by atoms with Crippen LogP contribution in [0.3, 0.4) is 0 Å². The smallest absolute Gasteiger partial charge is 0.327 e. The predicted molar refractivity (Wildman–Crippen MR) is 57.2 cm³/mol. The molecule has 1 atom stereocenters. The van der Waals surface area contributed by atoms with Gasteiger partial charge in [-0.25, -0.2) is 4.79 Å². The van der Waals surface area contributed by atoms with E-state index in [2.05, 4.69) is 13.2 Å². The van der Waals surface area contributed by atoms with Gasteiger partial charge in [-0.1, -0.05) is 19.1 Å². The van der Waals surface area contributed by atoms with Gasteiger partial charge in [-0.2, -0.15) is 0 Å². The molecule has 4 heteroatoms. The van der Waals surface area contributed by atoms with Crippen LogP contribution in [-0.4, -0.2) is 27.1 Å². The highest BCUT2D eigenvalue weighted by atomic mass is 16.5. The fourth-order valence-corrected chi connectivity index (χ4v) is 1.47. The Balaban J connectivity index is 0.000000336. The van der Waals surface area contributed by atoms with E-state index in [4.69, 9.17) is 5.11 Å². The highest BCUT2D eigenvalue weighted by molar-refractivity contribution is 5.78. The average Bonchev–Trinajstić information content (AvgIpc) is 2.18. The van der Waals surface area contributed by atoms with Gasteiger partial charge in [-0.3, -0.25) is 0 Å². The lowest BCUT2D eigenvalue weighted by molar-refractivity contribution is -0.204. The zero-order valence-corrected chi connectivity index (χ0v) is 8.72. The average molecular weight is 214 g/mol. The van der Waals surface area contributed by atoms with Crippen LogP contribution in [0.2, 0.25) is 0 Å². The second-order valence-electron chi connectivity index (χ2n) is 3.51. The lowest BCUT2D eigenvalue weighted by atomic mass is 9.84. The zero-order valence-electron chi connectivity index (χ0n) is 8.72. The molecule has 1 saturated carbocycles. The maximum absolute atomic E-state index is 9.32. The number of carbonyl (C=O) groups is 1. The molecule has 86 valence electrons. The van der Waals surface area contributed by atoms with Crippen molar-refractivity contribution in [2.24, 2.45) is 5.92 Å². The van der Waals surface area contributed by atoms with Gasteiger partial charge in [-0.15, -0.1) is 6.58 Å². The SMILES string of the molecule is C=CC(=O)O.C=CC1CCCCC1(O)O. The van der Waals surface area contributed by atoms with Gasteiger partial charge in [0.25, 0.3) is 0 Å². The minimum atomic E-state index is -1.47. The van der Waals surface area contributed by atoms with Crippen LogP contribution in [0.5, 0.6) is 0 Å². The van der Waals surface area contributed by atoms with Crippen LogP contribution in [0, 0.1) is 5.92 Å². The molecule has 1 rings (SSSR count). The Hall–Kier alpha value is -1.13. The van der Waals surface area contributed by atoms with Crippen molar-refractivity contribution >= 4 is 5.97 Å². The molecule has 4 nitrogen and oxygen atoms in total. The van der Waals surface area contributed by atoms with Gasteiger partial charge in [0.1, 0.15) is 0 Å². The first-order valence-corrected chi connectivity index (χ1v) is 4.86. The first-order valence-electron chi connectivity index (χ1n) is 4.86. The molecule has 0 amide bonds. The molecule has 1 fully saturated rings. The molecule has 0 aromatic carbocycles. The van der Waals surface area contributed by atoms with Gasteiger partial charge in [-0.05, 0) is 12.8 Å². The summed E-state index contributed by atoms with van der Waals surface area (Å²) < 4.78 is 0. The minimum Gasteiger partial charge on any atom is -0.478 e. The number of aliphatic carboxylic acids is 1. The quantitative estimate of drug-likeness (QED) is 0.368. The highest BCUT2D eigenvalue weighted by Gasteiger charge is 2.34. The monoisotopic (exact) mass is 214 g/mol. The maximum atomic E-state index is 9.32. The van der Waals surface area contributed by atoms with E-state index in [1.165, 1.54) is 0 Å². The molecule has 15 heavy (non-hydrogen) atoms. The number of carboxylic acids is 1. The predicted octanol–water partition coefficient (Wildman–Crippen LogP) is 1.30. The first kappa shape index (κ1) is 13.9. The topological polar surface area (TPSA) is 77.8 Å². The lowest BCUT2D eigenvalue weighted by Gasteiger charge is -2.33. The molecule has 0 spiro atoms. The molecule has 0 bridgehead atoms. The summed E-state index contributed by atoms with van der Waals surface area (Å²) in [6.45, 7) is 6.52. The van der Waals surface area contributed by atoms with Gasteiger partial charge >= 0.3 is 5.97 Å². The number of rotatable bonds is 2. The summed E-state index contributed by atoms with van der Waals surface area (Å²) >= 11 is 0. The van der Waals surface area contributed by atoms with Crippen molar-refractivity contribution in [3.63, 3.8) is 0 Å². The number of carboxylic acid groups (broad SMARTS) is 1. The van der Waals surface area contributed by atoms with Gasteiger partial charge in [0.2, 0.25) is 0 Å². The minimum absolute atomic E-state index is 0.124. The normalized spacial score (nSPS) is 23.2. The molecule has 3 N–H and O–H groups in total. The molecule has 0 aliphatic heterocycles. The molecule has 1 aliphatic rings. The van der Waals surface area contributed by atoms with Crippen molar-refractivity contribution < 1.29 is 20.1 Å². The van der Waals surface area contributed by atoms with E-state index < -0.39 is 11.8 Å². The Labute approximate surface area is 89.6 Å². The van der Waals surface area contributed by atoms with Gasteiger partial charge in [0.15, 0.2) is 5.79 Å². The second-order valence-corrected chi connectivity index (χ2v) is 3.51. The van der Waals surface area contributed by atoms with E-state index in [1.54, 1.807) is 6.08 Å². The van der Waals surface area contributed by atoms with Crippen molar-refractivity contribution in [1.29, 1.82) is 0 Å². The molecule has 0 saturated heterocycles. The van der Waals surface area contributed by atoms with Crippen LogP contribution in [0.15, 0.2) is 25.3 Å². The van der Waals surface area contributed by atoms with Gasteiger partial charge in [0, 0.05) is 18.4 Å². The Bertz CT molecular complexity index is 233. The molecule has 1 aliphatic carbocycles. The molecule has 0 heterocycles. The molecule has 0 aromatic rings. The van der Waals surface area contributed by atoms with Crippen LogP contribution in [0.1, 0.15) is 25.7 Å². The molecule has 0 radical (unpaired) electrons. The van der Waals surface area contributed by atoms with Crippen molar-refractivity contribution in [2.75, 3.05) is 0 Å². The first-order chi connectivity index (χ1) is 6.94. The van der Waals surface area contributed by atoms with Crippen LogP contribution >= 0.6 is 0 Å². The van der Waals surface area contributed by atoms with Crippen LogP contribution in [0.25, 0.3) is 0 Å². The van der Waals surface area contributed by atoms with Crippen LogP contribution in [-0.2, 0) is 4.79 Å². The van der Waals surface area contributed by atoms with E-state index in [0.717, 1.165) is 25.3 Å². The van der Waals surface area contributed by atoms with E-state index in [1.807, 2.05) is 0 Å². The second kappa shape index (κ2) is 6.37. The van der Waals surface area contributed by atoms with Crippen molar-refractivity contribution in [2.45, 2.75) is 31.5 Å². The standard InChI is InChI=1S/C8H14O2.C3H4O2/c1-2-7-5-3-4-6-8(7,9)10;1-2-3(4)5/h2,7,9-10H,1,3-6H2;2H,1H2,(H,4,5). The lowest BCUT2D eigenvalue weighted by Crippen LogP contribution is -2.39. The van der Waals surface area contributed by atoms with Gasteiger partial charge in [0.05, 0.1) is 0 Å².